The summed E-state index contributed by atoms with van der Waals surface area (Å²) in [6.07, 6.45) is 7.08. The van der Waals surface area contributed by atoms with Crippen LogP contribution in [0.4, 0.5) is 0 Å². The number of hydrogen-bond donors (Lipinski definition) is 1. The molecule has 14 heavy (non-hydrogen) atoms. The number of nitrogens with one attached hydrogen (secondary N) is 1. The molecule has 1 aliphatic rings. The minimum atomic E-state index is 0.751. The second-order valence-corrected chi connectivity index (χ2v) is 4.00. The molecule has 78 valence electrons. The monoisotopic (exact) mass is 194 g/mol. The highest BCUT2D eigenvalue weighted by molar-refractivity contribution is 4.96. The fourth-order valence-electron chi connectivity index (χ4n) is 1.74. The van der Waals surface area contributed by atoms with E-state index in [2.05, 4.69) is 17.2 Å². The highest BCUT2D eigenvalue weighted by Gasteiger charge is 2.19. The summed E-state index contributed by atoms with van der Waals surface area (Å²) < 4.78 is 5.62. The van der Waals surface area contributed by atoms with E-state index in [-0.39, 0.29) is 0 Å². The third-order valence-corrected chi connectivity index (χ3v) is 2.84. The molecule has 1 saturated carbocycles. The molecule has 0 spiro atoms. The second-order valence-electron chi connectivity index (χ2n) is 4.00. The van der Waals surface area contributed by atoms with Crippen molar-refractivity contribution in [1.29, 1.82) is 0 Å². The van der Waals surface area contributed by atoms with Gasteiger partial charge in [0.2, 0.25) is 5.89 Å². The Morgan fingerprint density at radius 2 is 2.43 bits per heavy atom. The minimum Gasteiger partial charge on any atom is -0.444 e. The molecule has 1 fully saturated rings. The smallest absolute Gasteiger partial charge is 0.208 e. The zero-order chi connectivity index (χ0) is 9.80. The van der Waals surface area contributed by atoms with Crippen LogP contribution in [0.2, 0.25) is 0 Å². The Labute approximate surface area is 84.9 Å². The molecule has 1 aromatic rings. The molecule has 0 aliphatic heterocycles. The summed E-state index contributed by atoms with van der Waals surface area (Å²) in [5, 5.41) is 3.20. The zero-order valence-electron chi connectivity index (χ0n) is 8.75. The van der Waals surface area contributed by atoms with Gasteiger partial charge < -0.3 is 9.73 Å². The third-order valence-electron chi connectivity index (χ3n) is 2.84. The van der Waals surface area contributed by atoms with E-state index in [1.165, 1.54) is 19.3 Å². The summed E-state index contributed by atoms with van der Waals surface area (Å²) in [7, 11) is 0. The Bertz CT molecular complexity index is 279. The molecular formula is C11H18N2O. The third kappa shape index (κ3) is 2.35. The van der Waals surface area contributed by atoms with Gasteiger partial charge in [-0.05, 0) is 12.5 Å². The van der Waals surface area contributed by atoms with E-state index in [1.54, 1.807) is 0 Å². The molecule has 0 amide bonds. The predicted octanol–water partition coefficient (Wildman–Crippen LogP) is 2.13. The van der Waals surface area contributed by atoms with Crippen LogP contribution in [0.3, 0.4) is 0 Å². The molecule has 3 heteroatoms. The lowest BCUT2D eigenvalue weighted by Crippen LogP contribution is -2.13. The van der Waals surface area contributed by atoms with E-state index in [1.807, 2.05) is 6.20 Å². The Kier molecular flexibility index (Phi) is 3.19. The molecule has 1 aliphatic carbocycles. The largest absolute Gasteiger partial charge is 0.444 e. The van der Waals surface area contributed by atoms with Crippen LogP contribution in [0.1, 0.15) is 37.8 Å². The first-order valence-electron chi connectivity index (χ1n) is 5.52. The van der Waals surface area contributed by atoms with E-state index in [0.717, 1.165) is 37.1 Å². The van der Waals surface area contributed by atoms with Crippen molar-refractivity contribution < 1.29 is 4.42 Å². The van der Waals surface area contributed by atoms with Gasteiger partial charge in [-0.2, -0.15) is 0 Å². The van der Waals surface area contributed by atoms with Gasteiger partial charge in [0, 0.05) is 6.42 Å². The molecule has 0 bridgehead atoms. The van der Waals surface area contributed by atoms with Crippen molar-refractivity contribution >= 4 is 0 Å². The first-order chi connectivity index (χ1) is 6.88. The Hall–Kier alpha value is -0.830. The fraction of sp³-hybridized carbons (Fsp3) is 0.727. The van der Waals surface area contributed by atoms with Gasteiger partial charge in [-0.25, -0.2) is 4.98 Å². The van der Waals surface area contributed by atoms with Gasteiger partial charge >= 0.3 is 0 Å². The number of hydrogen-bond acceptors (Lipinski definition) is 3. The molecule has 0 atom stereocenters. The van der Waals surface area contributed by atoms with Crippen molar-refractivity contribution in [2.24, 2.45) is 5.92 Å². The molecule has 0 radical (unpaired) electrons. The van der Waals surface area contributed by atoms with E-state index in [4.69, 9.17) is 4.42 Å². The normalized spacial score (nSPS) is 16.9. The lowest BCUT2D eigenvalue weighted by Gasteiger charge is -2.23. The van der Waals surface area contributed by atoms with Crippen LogP contribution in [0.15, 0.2) is 10.6 Å². The SMILES string of the molecule is CCNCc1ncc(CC2CCC2)o1. The second kappa shape index (κ2) is 4.60. The van der Waals surface area contributed by atoms with E-state index >= 15 is 0 Å². The van der Waals surface area contributed by atoms with Crippen molar-refractivity contribution in [3.05, 3.63) is 17.8 Å². The Balaban J connectivity index is 1.82. The molecule has 0 aromatic carbocycles. The summed E-state index contributed by atoms with van der Waals surface area (Å²) in [5.41, 5.74) is 0. The molecule has 3 nitrogen and oxygen atoms in total. The van der Waals surface area contributed by atoms with Gasteiger partial charge in [0.1, 0.15) is 5.76 Å². The van der Waals surface area contributed by atoms with Crippen LogP contribution >= 0.6 is 0 Å². The summed E-state index contributed by atoms with van der Waals surface area (Å²) in [6.45, 7) is 3.79. The fourth-order valence-corrected chi connectivity index (χ4v) is 1.74. The maximum atomic E-state index is 5.62. The zero-order valence-corrected chi connectivity index (χ0v) is 8.75. The molecule has 0 saturated heterocycles. The maximum Gasteiger partial charge on any atom is 0.208 e. The van der Waals surface area contributed by atoms with Crippen LogP contribution in [-0.4, -0.2) is 11.5 Å². The Morgan fingerprint density at radius 3 is 3.07 bits per heavy atom. The standard InChI is InChI=1S/C11H18N2O/c1-2-12-8-11-13-7-10(14-11)6-9-4-3-5-9/h7,9,12H,2-6,8H2,1H3. The first kappa shape index (κ1) is 9.71. The van der Waals surface area contributed by atoms with Crippen LogP contribution in [0.5, 0.6) is 0 Å². The first-order valence-corrected chi connectivity index (χ1v) is 5.52. The maximum absolute atomic E-state index is 5.62. The Morgan fingerprint density at radius 1 is 1.57 bits per heavy atom. The van der Waals surface area contributed by atoms with Gasteiger partial charge in [-0.15, -0.1) is 0 Å². The number of oxazole rings is 1. The van der Waals surface area contributed by atoms with Gasteiger partial charge in [0.25, 0.3) is 0 Å². The van der Waals surface area contributed by atoms with Gasteiger partial charge in [-0.1, -0.05) is 26.2 Å². The van der Waals surface area contributed by atoms with Crippen molar-refractivity contribution in [2.75, 3.05) is 6.54 Å². The number of nitrogens with zero attached hydrogens (tertiary/aromatic N) is 1. The summed E-state index contributed by atoms with van der Waals surface area (Å²) >= 11 is 0. The lowest BCUT2D eigenvalue weighted by molar-refractivity contribution is 0.290. The van der Waals surface area contributed by atoms with Crippen molar-refractivity contribution in [3.8, 4) is 0 Å². The highest BCUT2D eigenvalue weighted by atomic mass is 16.4. The van der Waals surface area contributed by atoms with Crippen LogP contribution in [0, 0.1) is 5.92 Å². The topological polar surface area (TPSA) is 38.1 Å². The van der Waals surface area contributed by atoms with E-state index < -0.39 is 0 Å². The van der Waals surface area contributed by atoms with Crippen molar-refractivity contribution in [2.45, 2.75) is 39.2 Å². The number of rotatable bonds is 5. The van der Waals surface area contributed by atoms with Crippen LogP contribution in [0.25, 0.3) is 0 Å². The quantitative estimate of drug-likeness (QED) is 0.780. The van der Waals surface area contributed by atoms with Gasteiger partial charge in [0.05, 0.1) is 12.7 Å². The van der Waals surface area contributed by atoms with E-state index in [9.17, 15) is 0 Å². The molecule has 1 heterocycles. The summed E-state index contributed by atoms with van der Waals surface area (Å²) in [6, 6.07) is 0. The number of aromatic nitrogens is 1. The predicted molar refractivity (Wildman–Crippen MR) is 54.9 cm³/mol. The molecule has 1 N–H and O–H groups in total. The average molecular weight is 194 g/mol. The minimum absolute atomic E-state index is 0.751. The average Bonchev–Trinajstić information content (AvgIpc) is 2.56. The van der Waals surface area contributed by atoms with Crippen molar-refractivity contribution in [1.82, 2.24) is 10.3 Å². The molecule has 0 unspecified atom stereocenters. The van der Waals surface area contributed by atoms with Crippen LogP contribution in [-0.2, 0) is 13.0 Å². The van der Waals surface area contributed by atoms with Crippen molar-refractivity contribution in [3.63, 3.8) is 0 Å². The summed E-state index contributed by atoms with van der Waals surface area (Å²) in [4.78, 5) is 4.24. The van der Waals surface area contributed by atoms with Crippen LogP contribution < -0.4 is 5.32 Å². The molecular weight excluding hydrogens is 176 g/mol. The van der Waals surface area contributed by atoms with E-state index in [0.29, 0.717) is 0 Å². The van der Waals surface area contributed by atoms with Gasteiger partial charge in [0.15, 0.2) is 0 Å². The highest BCUT2D eigenvalue weighted by Crippen LogP contribution is 2.29. The lowest BCUT2D eigenvalue weighted by atomic mass is 9.82. The summed E-state index contributed by atoms with van der Waals surface area (Å²) in [5.74, 6) is 2.73. The van der Waals surface area contributed by atoms with Gasteiger partial charge in [-0.3, -0.25) is 0 Å². The molecule has 1 aromatic heterocycles. The molecule has 2 rings (SSSR count).